The third-order valence-corrected chi connectivity index (χ3v) is 6.89. The molecule has 5 rings (SSSR count). The monoisotopic (exact) mass is 568 g/mol. The van der Waals surface area contributed by atoms with Gasteiger partial charge in [-0.25, -0.2) is 4.98 Å². The number of nitrogens with two attached hydrogens (primary N) is 1. The lowest BCUT2D eigenvalue weighted by Gasteiger charge is -2.16. The van der Waals surface area contributed by atoms with Crippen LogP contribution < -0.4 is 11.1 Å². The van der Waals surface area contributed by atoms with Gasteiger partial charge in [0.1, 0.15) is 17.2 Å². The first-order valence-corrected chi connectivity index (χ1v) is 12.9. The Balaban J connectivity index is 1.35. The second kappa shape index (κ2) is 11.1. The van der Waals surface area contributed by atoms with Crippen LogP contribution in [0.15, 0.2) is 71.3 Å². The fourth-order valence-corrected chi connectivity index (χ4v) is 4.75. The normalized spacial score (nSPS) is 15.7. The minimum absolute atomic E-state index is 0.0764. The molecule has 11 heteroatoms. The Morgan fingerprint density at radius 1 is 1.12 bits per heavy atom. The second-order valence-corrected chi connectivity index (χ2v) is 10.1. The van der Waals surface area contributed by atoms with E-state index in [2.05, 4.69) is 10.3 Å². The van der Waals surface area contributed by atoms with Gasteiger partial charge in [-0.05, 0) is 71.7 Å². The van der Waals surface area contributed by atoms with E-state index in [-0.39, 0.29) is 34.6 Å². The van der Waals surface area contributed by atoms with Crippen molar-refractivity contribution in [2.45, 2.75) is 24.5 Å². The molecule has 1 aliphatic rings. The van der Waals surface area contributed by atoms with Gasteiger partial charge in [0.25, 0.3) is 5.91 Å². The van der Waals surface area contributed by atoms with Crippen molar-refractivity contribution in [2.75, 3.05) is 18.8 Å². The highest BCUT2D eigenvalue weighted by molar-refractivity contribution is 6.21. The number of nitrogens with one attached hydrogen (secondary N) is 1. The number of fused-ring (bicyclic) bond motifs is 1. The number of halogens is 4. The Morgan fingerprint density at radius 3 is 2.55 bits per heavy atom. The van der Waals surface area contributed by atoms with Crippen molar-refractivity contribution in [1.82, 2.24) is 15.2 Å². The first kappa shape index (κ1) is 27.3. The van der Waals surface area contributed by atoms with Gasteiger partial charge in [-0.1, -0.05) is 12.1 Å². The molecule has 40 heavy (non-hydrogen) atoms. The number of benzene rings is 2. The van der Waals surface area contributed by atoms with Crippen molar-refractivity contribution >= 4 is 46.3 Å². The fourth-order valence-electron chi connectivity index (χ4n) is 4.48. The van der Waals surface area contributed by atoms with Crippen LogP contribution in [0.1, 0.15) is 33.7 Å². The van der Waals surface area contributed by atoms with Gasteiger partial charge in [-0.15, -0.1) is 11.6 Å². The number of nitrogens with zero attached hydrogens (tertiary/aromatic N) is 2. The standard InChI is InChI=1S/C29H24ClF3N4O3/c30-22-9-10-37(16-22)28(39)19-5-3-18(4-6-19)20-11-21-12-23(40-27(21)24(13-20)29(31,32)33)15-36-26(38)8-2-17-1-7-25(34)35-14-17/h1-8,11-14,22H,9-10,15-16H2,(H2,34,35)(H,36,38)/b8-2+. The second-order valence-electron chi connectivity index (χ2n) is 9.43. The quantitative estimate of drug-likeness (QED) is 0.223. The molecule has 206 valence electrons. The number of likely N-dealkylation sites (tertiary alicyclic amines) is 1. The summed E-state index contributed by atoms with van der Waals surface area (Å²) in [4.78, 5) is 30.5. The molecule has 0 bridgehead atoms. The molecule has 1 aliphatic heterocycles. The van der Waals surface area contributed by atoms with Crippen LogP contribution in [0, 0.1) is 0 Å². The molecule has 0 saturated carbocycles. The molecule has 3 heterocycles. The summed E-state index contributed by atoms with van der Waals surface area (Å²) in [5.41, 5.74) is 6.21. The highest BCUT2D eigenvalue weighted by Crippen LogP contribution is 2.39. The Hall–Kier alpha value is -4.31. The third kappa shape index (κ3) is 6.12. The minimum atomic E-state index is -4.67. The fraction of sp³-hybridized carbons (Fsp3) is 0.207. The maximum absolute atomic E-state index is 14.0. The lowest BCUT2D eigenvalue weighted by atomic mass is 9.99. The van der Waals surface area contributed by atoms with Crippen LogP contribution in [0.4, 0.5) is 19.0 Å². The molecule has 1 fully saturated rings. The number of pyridine rings is 1. The van der Waals surface area contributed by atoms with E-state index in [1.165, 1.54) is 24.4 Å². The first-order chi connectivity index (χ1) is 19.1. The van der Waals surface area contributed by atoms with Crippen LogP contribution in [0.25, 0.3) is 28.2 Å². The van der Waals surface area contributed by atoms with Crippen LogP contribution in [-0.2, 0) is 17.5 Å². The van der Waals surface area contributed by atoms with Crippen molar-refractivity contribution in [3.63, 3.8) is 0 Å². The number of hydrogen-bond acceptors (Lipinski definition) is 5. The topological polar surface area (TPSA) is 101 Å². The zero-order valence-electron chi connectivity index (χ0n) is 21.0. The van der Waals surface area contributed by atoms with Crippen LogP contribution >= 0.6 is 11.6 Å². The number of anilines is 1. The number of nitrogen functional groups attached to an aromatic ring is 1. The van der Waals surface area contributed by atoms with E-state index in [9.17, 15) is 22.8 Å². The average molecular weight is 569 g/mol. The molecular weight excluding hydrogens is 545 g/mol. The van der Waals surface area contributed by atoms with Crippen molar-refractivity contribution in [3.8, 4) is 11.1 Å². The Labute approximate surface area is 232 Å². The molecule has 3 N–H and O–H groups in total. The van der Waals surface area contributed by atoms with Crippen LogP contribution in [0.3, 0.4) is 0 Å². The number of hydrogen-bond donors (Lipinski definition) is 2. The molecule has 0 spiro atoms. The van der Waals surface area contributed by atoms with E-state index < -0.39 is 17.6 Å². The summed E-state index contributed by atoms with van der Waals surface area (Å²) in [6.07, 6.45) is 0.365. The summed E-state index contributed by atoms with van der Waals surface area (Å²) in [7, 11) is 0. The van der Waals surface area contributed by atoms with Crippen LogP contribution in [0.2, 0.25) is 0 Å². The average Bonchev–Trinajstić information content (AvgIpc) is 3.56. The Morgan fingerprint density at radius 2 is 1.90 bits per heavy atom. The Kier molecular flexibility index (Phi) is 7.53. The van der Waals surface area contributed by atoms with E-state index in [0.29, 0.717) is 41.2 Å². The predicted molar refractivity (Wildman–Crippen MR) is 146 cm³/mol. The molecule has 1 unspecified atom stereocenters. The summed E-state index contributed by atoms with van der Waals surface area (Å²) in [6, 6.07) is 13.8. The number of amides is 2. The van der Waals surface area contributed by atoms with Gasteiger partial charge in [-0.3, -0.25) is 9.59 Å². The van der Waals surface area contributed by atoms with E-state index in [0.717, 1.165) is 12.5 Å². The van der Waals surface area contributed by atoms with E-state index in [1.54, 1.807) is 47.4 Å². The number of carbonyl (C=O) groups is 2. The lowest BCUT2D eigenvalue weighted by Crippen LogP contribution is -2.28. The predicted octanol–water partition coefficient (Wildman–Crippen LogP) is 5.88. The molecular formula is C29H24ClF3N4O3. The molecule has 2 aromatic carbocycles. The molecule has 1 atom stereocenters. The largest absolute Gasteiger partial charge is 0.459 e. The van der Waals surface area contributed by atoms with Gasteiger partial charge in [0.05, 0.1) is 17.5 Å². The lowest BCUT2D eigenvalue weighted by molar-refractivity contribution is -0.136. The summed E-state index contributed by atoms with van der Waals surface area (Å²) in [6.45, 7) is 0.925. The maximum atomic E-state index is 14.0. The molecule has 0 aliphatic carbocycles. The molecule has 0 radical (unpaired) electrons. The molecule has 1 saturated heterocycles. The summed E-state index contributed by atoms with van der Waals surface area (Å²) >= 11 is 6.10. The SMILES string of the molecule is Nc1ccc(/C=C/C(=O)NCc2cc3cc(-c4ccc(C(=O)N5CCC(Cl)C5)cc4)cc(C(F)(F)F)c3o2)cn1. The van der Waals surface area contributed by atoms with Gasteiger partial charge < -0.3 is 20.4 Å². The van der Waals surface area contributed by atoms with E-state index in [1.807, 2.05) is 0 Å². The van der Waals surface area contributed by atoms with Crippen molar-refractivity contribution < 1.29 is 27.2 Å². The van der Waals surface area contributed by atoms with Crippen molar-refractivity contribution in [1.29, 1.82) is 0 Å². The van der Waals surface area contributed by atoms with Crippen molar-refractivity contribution in [2.24, 2.45) is 0 Å². The van der Waals surface area contributed by atoms with Crippen LogP contribution in [0.5, 0.6) is 0 Å². The smallest absolute Gasteiger partial charge is 0.420 e. The molecule has 4 aromatic rings. The zero-order valence-corrected chi connectivity index (χ0v) is 21.8. The first-order valence-electron chi connectivity index (χ1n) is 12.4. The number of furan rings is 1. The molecule has 2 amide bonds. The van der Waals surface area contributed by atoms with Gasteiger partial charge in [0.15, 0.2) is 0 Å². The summed E-state index contributed by atoms with van der Waals surface area (Å²) in [5.74, 6) is -0.109. The summed E-state index contributed by atoms with van der Waals surface area (Å²) in [5, 5.41) is 2.76. The minimum Gasteiger partial charge on any atom is -0.459 e. The number of carbonyl (C=O) groups excluding carboxylic acids is 2. The molecule has 7 nitrogen and oxygen atoms in total. The number of alkyl halides is 4. The number of aromatic nitrogens is 1. The van der Waals surface area contributed by atoms with E-state index in [4.69, 9.17) is 21.8 Å². The van der Waals surface area contributed by atoms with Gasteiger partial charge in [-0.2, -0.15) is 13.2 Å². The Bertz CT molecular complexity index is 1580. The maximum Gasteiger partial charge on any atom is 0.420 e. The summed E-state index contributed by atoms with van der Waals surface area (Å²) < 4.78 is 47.5. The van der Waals surface area contributed by atoms with Gasteiger partial charge in [0, 0.05) is 36.3 Å². The van der Waals surface area contributed by atoms with Crippen molar-refractivity contribution in [3.05, 3.63) is 89.3 Å². The van der Waals surface area contributed by atoms with Gasteiger partial charge >= 0.3 is 6.18 Å². The number of rotatable bonds is 6. The van der Waals surface area contributed by atoms with Gasteiger partial charge in [0.2, 0.25) is 5.91 Å². The molecule has 2 aromatic heterocycles. The third-order valence-electron chi connectivity index (χ3n) is 6.53. The van der Waals surface area contributed by atoms with Crippen LogP contribution in [-0.4, -0.2) is 40.2 Å². The zero-order chi connectivity index (χ0) is 28.4. The highest BCUT2D eigenvalue weighted by atomic mass is 35.5. The van der Waals surface area contributed by atoms with E-state index >= 15 is 0 Å². The highest BCUT2D eigenvalue weighted by Gasteiger charge is 2.35.